The summed E-state index contributed by atoms with van der Waals surface area (Å²) >= 11 is 0. The summed E-state index contributed by atoms with van der Waals surface area (Å²) in [5.41, 5.74) is 6.33. The summed E-state index contributed by atoms with van der Waals surface area (Å²) in [6, 6.07) is 10.4. The van der Waals surface area contributed by atoms with E-state index in [-0.39, 0.29) is 18.9 Å². The molecule has 134 valence electrons. The molecule has 2 rings (SSSR count). The molecule has 0 spiro atoms. The minimum Gasteiger partial charge on any atom is -0.368 e. The van der Waals surface area contributed by atoms with Gasteiger partial charge >= 0.3 is 0 Å². The first-order chi connectivity index (χ1) is 12.0. The monoisotopic (exact) mass is 342 g/mol. The standard InChI is InChI=1S/C19H26N4O2/c1-14(2)10-16(15-6-4-3-5-7-15)13-23-9-8-21-18(23)11-19(25)22-12-17(20)24/h3-9,14,16H,10-13H2,1-2H3,(H2,20,24)(H,22,25). The molecule has 0 aliphatic heterocycles. The van der Waals surface area contributed by atoms with E-state index in [9.17, 15) is 9.59 Å². The summed E-state index contributed by atoms with van der Waals surface area (Å²) < 4.78 is 2.02. The Labute approximate surface area is 148 Å². The van der Waals surface area contributed by atoms with E-state index in [0.29, 0.717) is 17.7 Å². The number of imidazole rings is 1. The number of carbonyl (C=O) groups excluding carboxylic acids is 2. The molecule has 6 nitrogen and oxygen atoms in total. The summed E-state index contributed by atoms with van der Waals surface area (Å²) in [5, 5.41) is 2.50. The Morgan fingerprint density at radius 3 is 2.60 bits per heavy atom. The Bertz CT molecular complexity index is 694. The molecule has 2 aromatic rings. The number of rotatable bonds is 9. The molecule has 0 aliphatic rings. The fourth-order valence-corrected chi connectivity index (χ4v) is 2.91. The lowest BCUT2D eigenvalue weighted by Gasteiger charge is -2.21. The summed E-state index contributed by atoms with van der Waals surface area (Å²) in [4.78, 5) is 27.0. The number of nitrogens with one attached hydrogen (secondary N) is 1. The maximum atomic E-state index is 11.9. The van der Waals surface area contributed by atoms with Crippen molar-refractivity contribution in [3.05, 3.63) is 54.1 Å². The van der Waals surface area contributed by atoms with Crippen LogP contribution in [-0.2, 0) is 22.6 Å². The van der Waals surface area contributed by atoms with Crippen LogP contribution in [0.15, 0.2) is 42.7 Å². The maximum absolute atomic E-state index is 11.9. The summed E-state index contributed by atoms with van der Waals surface area (Å²) in [6.07, 6.45) is 4.78. The predicted octanol–water partition coefficient (Wildman–Crippen LogP) is 1.86. The van der Waals surface area contributed by atoms with Crippen molar-refractivity contribution in [3.8, 4) is 0 Å². The molecule has 2 amide bonds. The number of hydrogen-bond donors (Lipinski definition) is 2. The molecule has 6 heteroatoms. The Morgan fingerprint density at radius 2 is 1.96 bits per heavy atom. The van der Waals surface area contributed by atoms with E-state index in [0.717, 1.165) is 13.0 Å². The Kier molecular flexibility index (Phi) is 6.74. The third-order valence-electron chi connectivity index (χ3n) is 4.02. The van der Waals surface area contributed by atoms with Gasteiger partial charge in [0.1, 0.15) is 5.82 Å². The zero-order valence-electron chi connectivity index (χ0n) is 14.8. The Balaban J connectivity index is 2.08. The van der Waals surface area contributed by atoms with Gasteiger partial charge in [-0.15, -0.1) is 0 Å². The molecule has 1 heterocycles. The molecule has 1 aromatic carbocycles. The van der Waals surface area contributed by atoms with Crippen molar-refractivity contribution in [2.75, 3.05) is 6.54 Å². The van der Waals surface area contributed by atoms with Crippen molar-refractivity contribution in [1.82, 2.24) is 14.9 Å². The zero-order chi connectivity index (χ0) is 18.2. The van der Waals surface area contributed by atoms with Gasteiger partial charge in [-0.2, -0.15) is 0 Å². The zero-order valence-corrected chi connectivity index (χ0v) is 14.8. The van der Waals surface area contributed by atoms with Crippen molar-refractivity contribution in [3.63, 3.8) is 0 Å². The van der Waals surface area contributed by atoms with Crippen LogP contribution in [0.5, 0.6) is 0 Å². The fraction of sp³-hybridized carbons (Fsp3) is 0.421. The fourth-order valence-electron chi connectivity index (χ4n) is 2.91. The van der Waals surface area contributed by atoms with Crippen LogP contribution in [0, 0.1) is 5.92 Å². The van der Waals surface area contributed by atoms with Crippen LogP contribution in [0.3, 0.4) is 0 Å². The molecule has 0 fully saturated rings. The number of aromatic nitrogens is 2. The van der Waals surface area contributed by atoms with Gasteiger partial charge in [0.15, 0.2) is 0 Å². The smallest absolute Gasteiger partial charge is 0.236 e. The van der Waals surface area contributed by atoms with Crippen molar-refractivity contribution in [1.29, 1.82) is 0 Å². The van der Waals surface area contributed by atoms with Crippen molar-refractivity contribution in [2.45, 2.75) is 39.2 Å². The molecule has 0 radical (unpaired) electrons. The van der Waals surface area contributed by atoms with Gasteiger partial charge in [-0.3, -0.25) is 9.59 Å². The molecule has 1 aromatic heterocycles. The molecule has 0 aliphatic carbocycles. The van der Waals surface area contributed by atoms with Gasteiger partial charge in [0.25, 0.3) is 0 Å². The summed E-state index contributed by atoms with van der Waals surface area (Å²) in [7, 11) is 0. The normalized spacial score (nSPS) is 12.1. The molecule has 3 N–H and O–H groups in total. The number of nitrogens with two attached hydrogens (primary N) is 1. The highest BCUT2D eigenvalue weighted by Gasteiger charge is 2.17. The van der Waals surface area contributed by atoms with E-state index in [1.165, 1.54) is 5.56 Å². The highest BCUT2D eigenvalue weighted by Crippen LogP contribution is 2.26. The van der Waals surface area contributed by atoms with Crippen LogP contribution in [0.4, 0.5) is 0 Å². The van der Waals surface area contributed by atoms with Crippen LogP contribution in [0.2, 0.25) is 0 Å². The van der Waals surface area contributed by atoms with Gasteiger partial charge in [-0.05, 0) is 17.9 Å². The topological polar surface area (TPSA) is 90.0 Å². The third-order valence-corrected chi connectivity index (χ3v) is 4.02. The lowest BCUT2D eigenvalue weighted by atomic mass is 9.90. The van der Waals surface area contributed by atoms with Gasteiger partial charge in [0, 0.05) is 24.9 Å². The maximum Gasteiger partial charge on any atom is 0.236 e. The third kappa shape index (κ3) is 6.06. The van der Waals surface area contributed by atoms with Crippen LogP contribution in [-0.4, -0.2) is 27.9 Å². The second kappa shape index (κ2) is 9.01. The second-order valence-corrected chi connectivity index (χ2v) is 6.65. The average Bonchev–Trinajstić information content (AvgIpc) is 2.99. The Morgan fingerprint density at radius 1 is 1.24 bits per heavy atom. The van der Waals surface area contributed by atoms with E-state index < -0.39 is 5.91 Å². The first-order valence-electron chi connectivity index (χ1n) is 8.55. The van der Waals surface area contributed by atoms with Crippen LogP contribution >= 0.6 is 0 Å². The first kappa shape index (κ1) is 18.7. The quantitative estimate of drug-likeness (QED) is 0.729. The molecule has 1 atom stereocenters. The van der Waals surface area contributed by atoms with Gasteiger partial charge in [-0.25, -0.2) is 4.98 Å². The van der Waals surface area contributed by atoms with E-state index in [1.807, 2.05) is 16.8 Å². The number of primary amides is 1. The highest BCUT2D eigenvalue weighted by molar-refractivity contribution is 5.84. The lowest BCUT2D eigenvalue weighted by molar-refractivity contribution is -0.124. The molecule has 0 saturated heterocycles. The number of hydrogen-bond acceptors (Lipinski definition) is 3. The lowest BCUT2D eigenvalue weighted by Crippen LogP contribution is -2.34. The number of carbonyl (C=O) groups is 2. The number of amides is 2. The van der Waals surface area contributed by atoms with E-state index in [2.05, 4.69) is 48.4 Å². The first-order valence-corrected chi connectivity index (χ1v) is 8.55. The van der Waals surface area contributed by atoms with E-state index in [4.69, 9.17) is 5.73 Å². The molecular weight excluding hydrogens is 316 g/mol. The molecule has 0 bridgehead atoms. The van der Waals surface area contributed by atoms with Crippen molar-refractivity contribution >= 4 is 11.8 Å². The summed E-state index contributed by atoms with van der Waals surface area (Å²) in [6.45, 7) is 5.03. The minimum atomic E-state index is -0.558. The summed E-state index contributed by atoms with van der Waals surface area (Å²) in [5.74, 6) is 0.787. The van der Waals surface area contributed by atoms with Gasteiger partial charge < -0.3 is 15.6 Å². The van der Waals surface area contributed by atoms with E-state index >= 15 is 0 Å². The SMILES string of the molecule is CC(C)CC(Cn1ccnc1CC(=O)NCC(N)=O)c1ccccc1. The van der Waals surface area contributed by atoms with Gasteiger partial charge in [-0.1, -0.05) is 44.2 Å². The number of nitrogens with zero attached hydrogens (tertiary/aromatic N) is 2. The van der Waals surface area contributed by atoms with Crippen LogP contribution in [0.1, 0.15) is 37.6 Å². The second-order valence-electron chi connectivity index (χ2n) is 6.65. The Hall–Kier alpha value is -2.63. The largest absolute Gasteiger partial charge is 0.368 e. The van der Waals surface area contributed by atoms with Crippen LogP contribution in [0.25, 0.3) is 0 Å². The van der Waals surface area contributed by atoms with Gasteiger partial charge in [0.2, 0.25) is 11.8 Å². The van der Waals surface area contributed by atoms with E-state index in [1.54, 1.807) is 6.20 Å². The average molecular weight is 342 g/mol. The number of benzene rings is 1. The highest BCUT2D eigenvalue weighted by atomic mass is 16.2. The van der Waals surface area contributed by atoms with Crippen molar-refractivity contribution < 1.29 is 9.59 Å². The molecule has 1 unspecified atom stereocenters. The minimum absolute atomic E-state index is 0.128. The van der Waals surface area contributed by atoms with Gasteiger partial charge in [0.05, 0.1) is 13.0 Å². The van der Waals surface area contributed by atoms with Crippen molar-refractivity contribution in [2.24, 2.45) is 11.7 Å². The molecule has 0 saturated carbocycles. The molecular formula is C19H26N4O2. The predicted molar refractivity (Wildman–Crippen MR) is 96.8 cm³/mol. The van der Waals surface area contributed by atoms with Crippen LogP contribution < -0.4 is 11.1 Å². The molecule has 25 heavy (non-hydrogen) atoms.